The summed E-state index contributed by atoms with van der Waals surface area (Å²) in [5, 5.41) is 0. The van der Waals surface area contributed by atoms with Gasteiger partial charge in [0.1, 0.15) is 12.4 Å². The van der Waals surface area contributed by atoms with Gasteiger partial charge in [0.25, 0.3) is 0 Å². The standard InChI is InChI=1S/C24H26F3NO6/c1-15(29)28(9-10-34-16(2)30)14-18-13-19(24(25,26)27)6-7-20(18)21-11-17(12-23(31)33-4)5-8-22(21)32-3/h5-8,11,13H,9-10,12,14H2,1-4H3. The molecule has 2 rings (SSSR count). The number of alkyl halides is 3. The number of methoxy groups -OCH3 is 2. The maximum absolute atomic E-state index is 13.5. The number of rotatable bonds is 9. The fraction of sp³-hybridized carbons (Fsp3) is 0.375. The van der Waals surface area contributed by atoms with E-state index in [2.05, 4.69) is 0 Å². The highest BCUT2D eigenvalue weighted by Crippen LogP contribution is 2.38. The van der Waals surface area contributed by atoms with E-state index in [0.29, 0.717) is 22.4 Å². The van der Waals surface area contributed by atoms with Gasteiger partial charge in [0.05, 0.1) is 32.7 Å². The van der Waals surface area contributed by atoms with Crippen molar-refractivity contribution in [2.75, 3.05) is 27.4 Å². The number of ether oxygens (including phenoxy) is 3. The first-order valence-corrected chi connectivity index (χ1v) is 10.3. The molecule has 0 aliphatic carbocycles. The molecule has 10 heteroatoms. The molecular formula is C24H26F3NO6. The van der Waals surface area contributed by atoms with E-state index in [4.69, 9.17) is 14.2 Å². The van der Waals surface area contributed by atoms with Gasteiger partial charge in [-0.15, -0.1) is 0 Å². The molecule has 0 aliphatic rings. The summed E-state index contributed by atoms with van der Waals surface area (Å²) in [7, 11) is 2.68. The van der Waals surface area contributed by atoms with Gasteiger partial charge in [0.15, 0.2) is 0 Å². The van der Waals surface area contributed by atoms with Crippen LogP contribution in [0.15, 0.2) is 36.4 Å². The van der Waals surface area contributed by atoms with Crippen molar-refractivity contribution in [2.45, 2.75) is 33.0 Å². The van der Waals surface area contributed by atoms with Crippen molar-refractivity contribution < 1.29 is 41.8 Å². The molecule has 0 atom stereocenters. The number of esters is 2. The summed E-state index contributed by atoms with van der Waals surface area (Å²) >= 11 is 0. The molecule has 0 saturated carbocycles. The predicted molar refractivity (Wildman–Crippen MR) is 117 cm³/mol. The summed E-state index contributed by atoms with van der Waals surface area (Å²) in [5.41, 5.74) is 0.763. The van der Waals surface area contributed by atoms with Crippen LogP contribution >= 0.6 is 0 Å². The average Bonchev–Trinajstić information content (AvgIpc) is 2.77. The first-order valence-electron chi connectivity index (χ1n) is 10.3. The van der Waals surface area contributed by atoms with Crippen LogP contribution in [0, 0.1) is 0 Å². The normalized spacial score (nSPS) is 11.0. The highest BCUT2D eigenvalue weighted by Gasteiger charge is 2.31. The van der Waals surface area contributed by atoms with Crippen LogP contribution in [0.2, 0.25) is 0 Å². The molecule has 0 fully saturated rings. The van der Waals surface area contributed by atoms with E-state index in [1.165, 1.54) is 39.0 Å². The van der Waals surface area contributed by atoms with Crippen molar-refractivity contribution in [1.29, 1.82) is 0 Å². The Hall–Kier alpha value is -3.56. The SMILES string of the molecule is COC(=O)Cc1ccc(OC)c(-c2ccc(C(F)(F)F)cc2CN(CCOC(C)=O)C(C)=O)c1. The maximum atomic E-state index is 13.5. The number of amides is 1. The summed E-state index contributed by atoms with van der Waals surface area (Å²) in [6.07, 6.45) is -4.63. The molecule has 0 aliphatic heterocycles. The third-order valence-corrected chi connectivity index (χ3v) is 5.04. The molecule has 34 heavy (non-hydrogen) atoms. The maximum Gasteiger partial charge on any atom is 0.416 e. The van der Waals surface area contributed by atoms with Crippen molar-refractivity contribution in [2.24, 2.45) is 0 Å². The highest BCUT2D eigenvalue weighted by molar-refractivity contribution is 5.78. The Morgan fingerprint density at radius 1 is 0.971 bits per heavy atom. The Labute approximate surface area is 195 Å². The van der Waals surface area contributed by atoms with Crippen molar-refractivity contribution in [3.8, 4) is 16.9 Å². The first kappa shape index (κ1) is 26.7. The second-order valence-corrected chi connectivity index (χ2v) is 7.44. The molecule has 1 amide bonds. The van der Waals surface area contributed by atoms with Gasteiger partial charge in [-0.25, -0.2) is 0 Å². The lowest BCUT2D eigenvalue weighted by atomic mass is 9.94. The fourth-order valence-electron chi connectivity index (χ4n) is 3.33. The second-order valence-electron chi connectivity index (χ2n) is 7.44. The van der Waals surface area contributed by atoms with E-state index in [1.54, 1.807) is 18.2 Å². The van der Waals surface area contributed by atoms with Gasteiger partial charge in [-0.05, 0) is 41.0 Å². The Morgan fingerprint density at radius 2 is 1.68 bits per heavy atom. The topological polar surface area (TPSA) is 82.1 Å². The van der Waals surface area contributed by atoms with Gasteiger partial charge < -0.3 is 19.1 Å². The molecule has 0 spiro atoms. The Morgan fingerprint density at radius 3 is 2.24 bits per heavy atom. The smallest absolute Gasteiger partial charge is 0.416 e. The molecule has 0 unspecified atom stereocenters. The molecule has 0 aromatic heterocycles. The lowest BCUT2D eigenvalue weighted by molar-refractivity contribution is -0.143. The van der Waals surface area contributed by atoms with Crippen molar-refractivity contribution >= 4 is 17.8 Å². The van der Waals surface area contributed by atoms with Crippen LogP contribution in [0.3, 0.4) is 0 Å². The Kier molecular flexibility index (Phi) is 9.05. The number of hydrogen-bond donors (Lipinski definition) is 0. The van der Waals surface area contributed by atoms with E-state index in [1.807, 2.05) is 0 Å². The fourth-order valence-corrected chi connectivity index (χ4v) is 3.33. The minimum absolute atomic E-state index is 0.00408. The van der Waals surface area contributed by atoms with Crippen molar-refractivity contribution in [1.82, 2.24) is 4.90 Å². The van der Waals surface area contributed by atoms with Crippen LogP contribution < -0.4 is 4.74 Å². The molecular weight excluding hydrogens is 455 g/mol. The summed E-state index contributed by atoms with van der Waals surface area (Å²) in [4.78, 5) is 36.2. The molecule has 0 heterocycles. The number of carbonyl (C=O) groups excluding carboxylic acids is 3. The Balaban J connectivity index is 2.58. The van der Waals surface area contributed by atoms with Gasteiger partial charge in [-0.1, -0.05) is 12.1 Å². The number of nitrogens with zero attached hydrogens (tertiary/aromatic N) is 1. The minimum atomic E-state index is -4.59. The van der Waals surface area contributed by atoms with Gasteiger partial charge in [-0.3, -0.25) is 14.4 Å². The summed E-state index contributed by atoms with van der Waals surface area (Å²) in [5.74, 6) is -1.03. The van der Waals surface area contributed by atoms with E-state index in [9.17, 15) is 27.6 Å². The zero-order valence-electron chi connectivity index (χ0n) is 19.3. The van der Waals surface area contributed by atoms with Crippen LogP contribution in [-0.4, -0.2) is 50.1 Å². The van der Waals surface area contributed by atoms with E-state index >= 15 is 0 Å². The first-order chi connectivity index (χ1) is 16.0. The largest absolute Gasteiger partial charge is 0.496 e. The van der Waals surface area contributed by atoms with Crippen LogP contribution in [0.4, 0.5) is 13.2 Å². The number of benzene rings is 2. The van der Waals surface area contributed by atoms with Crippen molar-refractivity contribution in [3.63, 3.8) is 0 Å². The number of halogens is 3. The Bertz CT molecular complexity index is 1050. The third-order valence-electron chi connectivity index (χ3n) is 5.04. The minimum Gasteiger partial charge on any atom is -0.496 e. The zero-order chi connectivity index (χ0) is 25.5. The molecule has 7 nitrogen and oxygen atoms in total. The van der Waals surface area contributed by atoms with Gasteiger partial charge >= 0.3 is 18.1 Å². The van der Waals surface area contributed by atoms with Gasteiger partial charge in [-0.2, -0.15) is 13.2 Å². The zero-order valence-corrected chi connectivity index (χ0v) is 19.3. The van der Waals surface area contributed by atoms with Crippen LogP contribution in [0.5, 0.6) is 5.75 Å². The lowest BCUT2D eigenvalue weighted by Crippen LogP contribution is -2.32. The van der Waals surface area contributed by atoms with Gasteiger partial charge in [0, 0.05) is 26.0 Å². The van der Waals surface area contributed by atoms with Gasteiger partial charge in [0.2, 0.25) is 5.91 Å². The molecule has 2 aromatic carbocycles. The molecule has 0 saturated heterocycles. The van der Waals surface area contributed by atoms with Crippen LogP contribution in [0.1, 0.15) is 30.5 Å². The molecule has 0 N–H and O–H groups in total. The third kappa shape index (κ3) is 7.23. The van der Waals surface area contributed by atoms with Crippen LogP contribution in [0.25, 0.3) is 11.1 Å². The monoisotopic (exact) mass is 481 g/mol. The van der Waals surface area contributed by atoms with E-state index in [0.717, 1.165) is 12.1 Å². The van der Waals surface area contributed by atoms with Crippen molar-refractivity contribution in [3.05, 3.63) is 53.1 Å². The average molecular weight is 481 g/mol. The molecule has 0 radical (unpaired) electrons. The summed E-state index contributed by atoms with van der Waals surface area (Å²) < 4.78 is 55.4. The van der Waals surface area contributed by atoms with Crippen LogP contribution in [-0.2, 0) is 43.0 Å². The molecule has 2 aromatic rings. The molecule has 184 valence electrons. The molecule has 0 bridgehead atoms. The lowest BCUT2D eigenvalue weighted by Gasteiger charge is -2.24. The number of carbonyl (C=O) groups is 3. The predicted octanol–water partition coefficient (Wildman–Crippen LogP) is 4.01. The van der Waals surface area contributed by atoms with E-state index in [-0.39, 0.29) is 31.7 Å². The number of hydrogen-bond acceptors (Lipinski definition) is 6. The summed E-state index contributed by atoms with van der Waals surface area (Å²) in [6, 6.07) is 8.13. The highest BCUT2D eigenvalue weighted by atomic mass is 19.4. The second kappa shape index (κ2) is 11.5. The van der Waals surface area contributed by atoms with E-state index < -0.39 is 29.6 Å². The summed E-state index contributed by atoms with van der Waals surface area (Å²) in [6.45, 7) is 2.24. The quantitative estimate of drug-likeness (QED) is 0.504.